The third-order valence-corrected chi connectivity index (χ3v) is 11.0. The van der Waals surface area contributed by atoms with Crippen LogP contribution in [0.15, 0.2) is 108 Å². The third-order valence-electron chi connectivity index (χ3n) is 8.45. The number of nitrogens with two attached hydrogens (primary N) is 1. The number of benzene rings is 4. The van der Waals surface area contributed by atoms with E-state index in [1.165, 1.54) is 42.5 Å². The first-order valence-electron chi connectivity index (χ1n) is 16.2. The fraction of sp³-hybridized carbons (Fsp3) is 0.0286. The largest absolute Gasteiger partial charge is 1.00 e. The SMILES string of the molecule is COC(=O)c1ccccc1N/N=C1/C(=O)c2c(N)c(N=Nc3ccc4c(c3)C=C(S(=O)(=O)[O-])/C(=N\Nc3ccccc3C(=O)[O-])C4=O)cc(S(=O)(=O)[O-])c2C=C1S(=O)(=O)[O-].[Na+].[Na+].[Na+].[Na+]. The number of carboxylic acids is 1. The zero-order chi connectivity index (χ0) is 43.9. The summed E-state index contributed by atoms with van der Waals surface area (Å²) in [4.78, 5) is 47.2. The molecule has 64 heavy (non-hydrogen) atoms. The molecule has 2 aliphatic rings. The van der Waals surface area contributed by atoms with Crippen LogP contribution < -0.4 is 140 Å². The number of allylic oxidation sites excluding steroid dienone is 2. The minimum atomic E-state index is -5.64. The maximum absolute atomic E-state index is 13.9. The number of ketones is 2. The summed E-state index contributed by atoms with van der Waals surface area (Å²) in [6.07, 6.45) is 1.17. The second-order valence-corrected chi connectivity index (χ2v) is 16.2. The van der Waals surface area contributed by atoms with Crippen molar-refractivity contribution in [3.63, 3.8) is 0 Å². The molecule has 308 valence electrons. The zero-order valence-electron chi connectivity index (χ0n) is 33.8. The van der Waals surface area contributed by atoms with Crippen molar-refractivity contribution in [1.29, 1.82) is 0 Å². The van der Waals surface area contributed by atoms with Gasteiger partial charge in [-0.15, -0.1) is 5.11 Å². The van der Waals surface area contributed by atoms with Crippen LogP contribution in [-0.2, 0) is 35.1 Å². The molecule has 0 bridgehead atoms. The van der Waals surface area contributed by atoms with Crippen LogP contribution in [0.25, 0.3) is 12.2 Å². The van der Waals surface area contributed by atoms with Gasteiger partial charge in [0, 0.05) is 16.7 Å². The van der Waals surface area contributed by atoms with Crippen molar-refractivity contribution in [2.24, 2.45) is 20.4 Å². The van der Waals surface area contributed by atoms with Crippen molar-refractivity contribution in [3.8, 4) is 0 Å². The third kappa shape index (κ3) is 12.2. The van der Waals surface area contributed by atoms with Crippen LogP contribution in [0.2, 0.25) is 0 Å². The average Bonchev–Trinajstić information content (AvgIpc) is 3.18. The van der Waals surface area contributed by atoms with Gasteiger partial charge in [0.1, 0.15) is 47.5 Å². The number of nitrogens with zero attached hydrogens (tertiary/aromatic N) is 4. The van der Waals surface area contributed by atoms with E-state index in [0.29, 0.717) is 12.1 Å². The van der Waals surface area contributed by atoms with E-state index in [4.69, 9.17) is 5.73 Å². The molecule has 0 spiro atoms. The van der Waals surface area contributed by atoms with Crippen LogP contribution in [0, 0.1) is 0 Å². The summed E-state index contributed by atoms with van der Waals surface area (Å²) in [6.45, 7) is 0. The van der Waals surface area contributed by atoms with Crippen LogP contribution >= 0.6 is 0 Å². The molecule has 22 nitrogen and oxygen atoms in total. The molecule has 0 saturated carbocycles. The van der Waals surface area contributed by atoms with Crippen molar-refractivity contribution in [2.75, 3.05) is 23.7 Å². The summed E-state index contributed by atoms with van der Waals surface area (Å²) < 4.78 is 116. The van der Waals surface area contributed by atoms with E-state index in [9.17, 15) is 63.2 Å². The minimum absolute atomic E-state index is 0. The summed E-state index contributed by atoms with van der Waals surface area (Å²) in [6, 6.07) is 14.4. The molecule has 4 aromatic rings. The number of nitrogens with one attached hydrogen (secondary N) is 2. The van der Waals surface area contributed by atoms with Crippen molar-refractivity contribution >= 4 is 106 Å². The maximum Gasteiger partial charge on any atom is 1.00 e. The number of ether oxygens (including phenoxy) is 1. The van der Waals surface area contributed by atoms with Crippen LogP contribution in [-0.4, -0.2) is 80.9 Å². The Morgan fingerprint density at radius 3 is 1.72 bits per heavy atom. The number of nitrogen functional groups attached to an aromatic ring is 1. The molecule has 0 aromatic heterocycles. The predicted octanol–water partition coefficient (Wildman–Crippen LogP) is -10.1. The fourth-order valence-electron chi connectivity index (χ4n) is 5.73. The molecule has 2 aliphatic carbocycles. The number of carbonyl (C=O) groups excluding carboxylic acids is 4. The molecule has 4 N–H and O–H groups in total. The van der Waals surface area contributed by atoms with Gasteiger partial charge in [-0.05, 0) is 60.2 Å². The maximum atomic E-state index is 13.9. The predicted molar refractivity (Wildman–Crippen MR) is 204 cm³/mol. The molecule has 0 fully saturated rings. The zero-order valence-corrected chi connectivity index (χ0v) is 44.2. The number of anilines is 3. The number of azo groups is 1. The number of hydrazone groups is 2. The van der Waals surface area contributed by atoms with Gasteiger partial charge in [0.25, 0.3) is 0 Å². The second kappa shape index (κ2) is 22.5. The second-order valence-electron chi connectivity index (χ2n) is 12.1. The Kier molecular flexibility index (Phi) is 20.0. The Morgan fingerprint density at radius 2 is 1.19 bits per heavy atom. The summed E-state index contributed by atoms with van der Waals surface area (Å²) in [5.41, 5.74) is 4.08. The van der Waals surface area contributed by atoms with Crippen LogP contribution in [0.1, 0.15) is 52.6 Å². The van der Waals surface area contributed by atoms with E-state index >= 15 is 0 Å². The van der Waals surface area contributed by atoms with Gasteiger partial charge >= 0.3 is 124 Å². The van der Waals surface area contributed by atoms with Crippen LogP contribution in [0.4, 0.5) is 28.4 Å². The molecular weight excluding hydrogens is 947 g/mol. The first-order valence-corrected chi connectivity index (χ1v) is 20.4. The molecule has 6 rings (SSSR count). The molecule has 0 radical (unpaired) electrons. The van der Waals surface area contributed by atoms with Crippen molar-refractivity contribution in [2.45, 2.75) is 4.90 Å². The van der Waals surface area contributed by atoms with Crippen molar-refractivity contribution in [3.05, 3.63) is 116 Å². The Morgan fingerprint density at radius 1 is 0.672 bits per heavy atom. The molecule has 0 unspecified atom stereocenters. The Bertz CT molecular complexity index is 3120. The van der Waals surface area contributed by atoms with Crippen LogP contribution in [0.5, 0.6) is 0 Å². The fourth-order valence-corrected chi connectivity index (χ4v) is 7.70. The van der Waals surface area contributed by atoms with Crippen molar-refractivity contribution in [1.82, 2.24) is 0 Å². The average molecular weight is 968 g/mol. The summed E-state index contributed by atoms with van der Waals surface area (Å²) >= 11 is 0. The van der Waals surface area contributed by atoms with Gasteiger partial charge in [-0.25, -0.2) is 30.0 Å². The van der Waals surface area contributed by atoms with E-state index in [-0.39, 0.29) is 152 Å². The van der Waals surface area contributed by atoms with E-state index in [0.717, 1.165) is 37.5 Å². The van der Waals surface area contributed by atoms with Crippen LogP contribution in [0.3, 0.4) is 0 Å². The molecule has 0 atom stereocenters. The Balaban J connectivity index is 0.00000352. The van der Waals surface area contributed by atoms with E-state index in [2.05, 4.69) is 36.0 Å². The number of para-hydroxylation sites is 2. The summed E-state index contributed by atoms with van der Waals surface area (Å²) in [5, 5.41) is 26.6. The number of fused-ring (bicyclic) bond motifs is 2. The molecule has 29 heteroatoms. The van der Waals surface area contributed by atoms with E-state index in [1.54, 1.807) is 0 Å². The number of carboxylic acid groups (broad SMARTS) is 1. The smallest absolute Gasteiger partial charge is 0.744 e. The molecule has 4 aromatic carbocycles. The molecule has 0 saturated heterocycles. The summed E-state index contributed by atoms with van der Waals surface area (Å²) in [5.74, 6) is -5.09. The van der Waals surface area contributed by atoms with Gasteiger partial charge in [-0.3, -0.25) is 20.4 Å². The first-order chi connectivity index (χ1) is 28.1. The standard InChI is InChI=1S/C35H25N7O15S3.4Na/c1-57-35(47)20-7-3-5-9-23(20)39-42-31-27(60(54,55)56)14-21-25(58(48,49)50)15-24(29(36)28(21)33(31)44)40-37-17-10-11-18-16(12-17)13-26(59(51,52)53)30(32(18)43)41-38-22-8-4-2-6-19(22)34(45)46;;;;/h2-15,38-39H,36H2,1H3,(H,45,46)(H,48,49,50)(H,51,52,53)(H,54,55,56);;;;/q;4*+1/p-4/b40-37?,41-30+,42-31+;;;;. The quantitative estimate of drug-likeness (QED) is 0.0314. The molecular formula is C35H21N7Na4O15S3. The van der Waals surface area contributed by atoms with E-state index < -0.39 is 108 Å². The van der Waals surface area contributed by atoms with Gasteiger partial charge in [0.15, 0.2) is 0 Å². The van der Waals surface area contributed by atoms with E-state index in [1.807, 2.05) is 0 Å². The van der Waals surface area contributed by atoms with Gasteiger partial charge in [-0.2, -0.15) is 15.3 Å². The number of rotatable bonds is 11. The number of carbonyl (C=O) groups is 4. The number of aromatic carboxylic acids is 1. The van der Waals surface area contributed by atoms with Crippen molar-refractivity contribution < 1.29 is 186 Å². The molecule has 0 heterocycles. The Labute approximate surface area is 451 Å². The number of Topliss-reactive ketones (excluding diaryl/α,β-unsaturated/α-hetero) is 2. The molecule has 0 amide bonds. The number of methoxy groups -OCH3 is 1. The minimum Gasteiger partial charge on any atom is -0.744 e. The topological polar surface area (TPSA) is 372 Å². The first kappa shape index (κ1) is 56.8. The van der Waals surface area contributed by atoms with Gasteiger partial charge in [0.05, 0.1) is 61.7 Å². The summed E-state index contributed by atoms with van der Waals surface area (Å²) in [7, 11) is -15.6. The number of hydrogen-bond donors (Lipinski definition) is 3. The Hall–Kier alpha value is -3.29. The monoisotopic (exact) mass is 967 g/mol. The van der Waals surface area contributed by atoms with Gasteiger partial charge < -0.3 is 34.0 Å². The molecule has 0 aliphatic heterocycles. The van der Waals surface area contributed by atoms with Gasteiger partial charge in [0.2, 0.25) is 11.6 Å². The number of esters is 1. The van der Waals surface area contributed by atoms with Gasteiger partial charge in [-0.1, -0.05) is 30.3 Å². The number of hydrogen-bond acceptors (Lipinski definition) is 22. The normalized spacial score (nSPS) is 14.6.